The monoisotopic (exact) mass is 439 g/mol. The van der Waals surface area contributed by atoms with Crippen molar-refractivity contribution in [2.24, 2.45) is 4.99 Å². The molecule has 0 fully saturated rings. The van der Waals surface area contributed by atoms with Crippen molar-refractivity contribution in [2.45, 2.75) is 19.9 Å². The van der Waals surface area contributed by atoms with Gasteiger partial charge in [-0.2, -0.15) is 0 Å². The molecule has 0 aliphatic rings. The molecule has 124 valence electrons. The molecule has 0 aromatic heterocycles. The molecule has 22 heavy (non-hydrogen) atoms. The van der Waals surface area contributed by atoms with Gasteiger partial charge < -0.3 is 15.0 Å². The Kier molecular flexibility index (Phi) is 11.0. The summed E-state index contributed by atoms with van der Waals surface area (Å²) in [7, 11) is 3.33. The Morgan fingerprint density at radius 2 is 2.00 bits per heavy atom. The van der Waals surface area contributed by atoms with Gasteiger partial charge in [0.1, 0.15) is 0 Å². The van der Waals surface area contributed by atoms with Gasteiger partial charge in [-0.1, -0.05) is 23.7 Å². The van der Waals surface area contributed by atoms with Gasteiger partial charge in [-0.05, 0) is 24.6 Å². The molecular weight excluding hydrogens is 417 g/mol. The molecule has 0 radical (unpaired) electrons. The van der Waals surface area contributed by atoms with Crippen molar-refractivity contribution in [3.63, 3.8) is 0 Å². The summed E-state index contributed by atoms with van der Waals surface area (Å²) in [6.45, 7) is 3.88. The molecule has 1 aromatic carbocycles. The number of benzene rings is 1. The molecule has 0 saturated heterocycles. The van der Waals surface area contributed by atoms with Crippen molar-refractivity contribution in [3.8, 4) is 0 Å². The maximum absolute atomic E-state index is 11.1. The molecule has 0 aliphatic carbocycles. The summed E-state index contributed by atoms with van der Waals surface area (Å²) in [6, 6.07) is 7.70. The fraction of sp³-hybridized carbons (Fsp3) is 0.467. The second kappa shape index (κ2) is 11.5. The number of rotatable bonds is 6. The van der Waals surface area contributed by atoms with Crippen LogP contribution in [-0.4, -0.2) is 44.1 Å². The van der Waals surface area contributed by atoms with Gasteiger partial charge in [0, 0.05) is 25.2 Å². The quantitative estimate of drug-likeness (QED) is 0.320. The van der Waals surface area contributed by atoms with Crippen molar-refractivity contribution < 1.29 is 9.53 Å². The molecule has 0 heterocycles. The van der Waals surface area contributed by atoms with Gasteiger partial charge in [0.05, 0.1) is 20.1 Å². The van der Waals surface area contributed by atoms with Crippen LogP contribution in [0.25, 0.3) is 0 Å². The number of nitrogens with one attached hydrogen (secondary N) is 1. The number of carbonyl (C=O) groups is 1. The third-order valence-corrected chi connectivity index (χ3v) is 3.09. The molecule has 7 heteroatoms. The van der Waals surface area contributed by atoms with Crippen molar-refractivity contribution in [3.05, 3.63) is 34.9 Å². The van der Waals surface area contributed by atoms with E-state index in [-0.39, 0.29) is 36.4 Å². The van der Waals surface area contributed by atoms with E-state index in [1.807, 2.05) is 43.1 Å². The fourth-order valence-electron chi connectivity index (χ4n) is 1.76. The smallest absolute Gasteiger partial charge is 0.307 e. The molecule has 0 spiro atoms. The van der Waals surface area contributed by atoms with E-state index in [1.165, 1.54) is 7.11 Å². The van der Waals surface area contributed by atoms with E-state index in [1.54, 1.807) is 0 Å². The molecule has 5 nitrogen and oxygen atoms in total. The summed E-state index contributed by atoms with van der Waals surface area (Å²) in [5.74, 6) is 0.506. The molecule has 1 rings (SSSR count). The highest BCUT2D eigenvalue weighted by Gasteiger charge is 2.07. The van der Waals surface area contributed by atoms with Crippen molar-refractivity contribution in [2.75, 3.05) is 27.2 Å². The number of guanidine groups is 1. The van der Waals surface area contributed by atoms with E-state index in [4.69, 9.17) is 11.6 Å². The van der Waals surface area contributed by atoms with Crippen molar-refractivity contribution in [1.82, 2.24) is 10.2 Å². The first-order chi connectivity index (χ1) is 10.1. The first-order valence-corrected chi connectivity index (χ1v) is 7.25. The summed E-state index contributed by atoms with van der Waals surface area (Å²) in [5, 5.41) is 3.93. The van der Waals surface area contributed by atoms with Gasteiger partial charge in [0.25, 0.3) is 0 Å². The number of aliphatic imine (C=N–C) groups is 1. The predicted octanol–water partition coefficient (Wildman–Crippen LogP) is 2.92. The van der Waals surface area contributed by atoms with Crippen LogP contribution >= 0.6 is 35.6 Å². The number of halogens is 2. The van der Waals surface area contributed by atoms with Crippen LogP contribution in [0.1, 0.15) is 18.9 Å². The first-order valence-electron chi connectivity index (χ1n) is 6.87. The maximum Gasteiger partial charge on any atom is 0.307 e. The first kappa shape index (κ1) is 21.0. The molecule has 0 bridgehead atoms. The normalized spacial score (nSPS) is 10.6. The zero-order chi connectivity index (χ0) is 15.7. The van der Waals surface area contributed by atoms with E-state index in [0.717, 1.165) is 23.1 Å². The van der Waals surface area contributed by atoms with E-state index >= 15 is 0 Å². The summed E-state index contributed by atoms with van der Waals surface area (Å²) in [4.78, 5) is 17.5. The second-order valence-corrected chi connectivity index (χ2v) is 4.98. The van der Waals surface area contributed by atoms with Crippen LogP contribution in [0.3, 0.4) is 0 Å². The Balaban J connectivity index is 0.00000441. The number of methoxy groups -OCH3 is 1. The average molecular weight is 440 g/mol. The van der Waals surface area contributed by atoms with Gasteiger partial charge >= 0.3 is 5.97 Å². The Bertz CT molecular complexity index is 480. The van der Waals surface area contributed by atoms with Gasteiger partial charge in [-0.25, -0.2) is 0 Å². The highest BCUT2D eigenvalue weighted by atomic mass is 127. The maximum atomic E-state index is 11.1. The zero-order valence-electron chi connectivity index (χ0n) is 13.1. The number of hydrogen-bond donors (Lipinski definition) is 1. The topological polar surface area (TPSA) is 53.9 Å². The minimum Gasteiger partial charge on any atom is -0.469 e. The molecule has 0 saturated carbocycles. The molecule has 1 aromatic rings. The van der Waals surface area contributed by atoms with E-state index in [2.05, 4.69) is 15.0 Å². The molecule has 0 atom stereocenters. The minimum atomic E-state index is -0.255. The highest BCUT2D eigenvalue weighted by molar-refractivity contribution is 14.0. The third kappa shape index (κ3) is 7.84. The molecule has 1 N–H and O–H groups in total. The fourth-order valence-corrected chi connectivity index (χ4v) is 1.89. The molecule has 0 amide bonds. The van der Waals surface area contributed by atoms with Crippen LogP contribution < -0.4 is 5.32 Å². The van der Waals surface area contributed by atoms with Crippen molar-refractivity contribution in [1.29, 1.82) is 0 Å². The number of nitrogens with zero attached hydrogens (tertiary/aromatic N) is 2. The number of ether oxygens (including phenoxy) is 1. The van der Waals surface area contributed by atoms with Gasteiger partial charge in [0.15, 0.2) is 5.96 Å². The van der Waals surface area contributed by atoms with Gasteiger partial charge in [0.2, 0.25) is 0 Å². The van der Waals surface area contributed by atoms with Gasteiger partial charge in [-0.15, -0.1) is 24.0 Å². The lowest BCUT2D eigenvalue weighted by molar-refractivity contribution is -0.140. The number of hydrogen-bond acceptors (Lipinski definition) is 3. The van der Waals surface area contributed by atoms with Crippen LogP contribution in [0.2, 0.25) is 5.02 Å². The Morgan fingerprint density at radius 1 is 1.36 bits per heavy atom. The van der Waals surface area contributed by atoms with Gasteiger partial charge in [-0.3, -0.25) is 9.79 Å². The molecule has 0 aliphatic heterocycles. The lowest BCUT2D eigenvalue weighted by Crippen LogP contribution is -2.38. The van der Waals surface area contributed by atoms with Crippen LogP contribution in [0, 0.1) is 0 Å². The van der Waals surface area contributed by atoms with Crippen LogP contribution in [0.5, 0.6) is 0 Å². The van der Waals surface area contributed by atoms with E-state index in [9.17, 15) is 4.79 Å². The average Bonchev–Trinajstić information content (AvgIpc) is 2.48. The zero-order valence-corrected chi connectivity index (χ0v) is 16.2. The predicted molar refractivity (Wildman–Crippen MR) is 101 cm³/mol. The van der Waals surface area contributed by atoms with Crippen molar-refractivity contribution >= 4 is 47.5 Å². The lowest BCUT2D eigenvalue weighted by atomic mass is 10.2. The van der Waals surface area contributed by atoms with E-state index in [0.29, 0.717) is 13.1 Å². The molecular formula is C15H23ClIN3O2. The largest absolute Gasteiger partial charge is 0.469 e. The Hall–Kier alpha value is -1.02. The number of esters is 1. The summed E-state index contributed by atoms with van der Waals surface area (Å²) < 4.78 is 4.60. The minimum absolute atomic E-state index is 0. The summed E-state index contributed by atoms with van der Waals surface area (Å²) >= 11 is 5.88. The lowest BCUT2D eigenvalue weighted by Gasteiger charge is -2.22. The molecule has 0 unspecified atom stereocenters. The standard InChI is InChI=1S/C15H22ClN3O2.HI/c1-4-17-15(18-10-9-14(20)21-3)19(2)11-12-5-7-13(16)8-6-12;/h5-8H,4,9-11H2,1-3H3,(H,17,18);1H. The summed E-state index contributed by atoms with van der Waals surface area (Å²) in [5.41, 5.74) is 1.14. The van der Waals surface area contributed by atoms with Crippen LogP contribution in [0.15, 0.2) is 29.3 Å². The summed E-state index contributed by atoms with van der Waals surface area (Å²) in [6.07, 6.45) is 0.278. The van der Waals surface area contributed by atoms with Crippen LogP contribution in [0.4, 0.5) is 0 Å². The van der Waals surface area contributed by atoms with E-state index < -0.39 is 0 Å². The van der Waals surface area contributed by atoms with Crippen LogP contribution in [-0.2, 0) is 16.1 Å². The highest BCUT2D eigenvalue weighted by Crippen LogP contribution is 2.11. The number of carbonyl (C=O) groups excluding carboxylic acids is 1. The Labute approximate surface area is 154 Å². The second-order valence-electron chi connectivity index (χ2n) is 4.54. The Morgan fingerprint density at radius 3 is 2.55 bits per heavy atom. The third-order valence-electron chi connectivity index (χ3n) is 2.83. The SMILES string of the molecule is CCNC(=NCCC(=O)OC)N(C)Cc1ccc(Cl)cc1.I.